The first-order valence-electron chi connectivity index (χ1n) is 12.4. The molecule has 1 unspecified atom stereocenters. The lowest BCUT2D eigenvalue weighted by Gasteiger charge is -2.29. The molecule has 2 fully saturated rings. The van der Waals surface area contributed by atoms with Gasteiger partial charge in [0.2, 0.25) is 0 Å². The normalized spacial score (nSPS) is 19.9. The van der Waals surface area contributed by atoms with Gasteiger partial charge in [-0.15, -0.1) is 0 Å². The van der Waals surface area contributed by atoms with E-state index in [4.69, 9.17) is 9.47 Å². The van der Waals surface area contributed by atoms with Crippen molar-refractivity contribution in [3.05, 3.63) is 83.2 Å². The average molecular weight is 504 g/mol. The molecular weight excluding hydrogens is 472 g/mol. The number of benzene rings is 2. The van der Waals surface area contributed by atoms with Gasteiger partial charge in [0.15, 0.2) is 0 Å². The number of ketones is 1. The van der Waals surface area contributed by atoms with Crippen molar-refractivity contribution < 1.29 is 29.1 Å². The summed E-state index contributed by atoms with van der Waals surface area (Å²) in [5.74, 6) is -1.04. The van der Waals surface area contributed by atoms with Crippen molar-refractivity contribution in [3.8, 4) is 11.4 Å². The summed E-state index contributed by atoms with van der Waals surface area (Å²) in [5, 5.41) is 16.0. The van der Waals surface area contributed by atoms with Crippen LogP contribution in [-0.2, 0) is 14.3 Å². The zero-order valence-electron chi connectivity index (χ0n) is 21.0. The molecule has 2 aliphatic heterocycles. The molecule has 5 rings (SSSR count). The average Bonchev–Trinajstić information content (AvgIpc) is 3.44. The van der Waals surface area contributed by atoms with E-state index in [-0.39, 0.29) is 11.3 Å². The fourth-order valence-electron chi connectivity index (χ4n) is 5.13. The van der Waals surface area contributed by atoms with Gasteiger partial charge < -0.3 is 24.4 Å². The summed E-state index contributed by atoms with van der Waals surface area (Å²) in [6.07, 6.45) is 1.53. The van der Waals surface area contributed by atoms with Crippen molar-refractivity contribution in [1.29, 1.82) is 0 Å². The summed E-state index contributed by atoms with van der Waals surface area (Å²) in [5.41, 5.74) is 2.58. The number of rotatable bonds is 7. The Morgan fingerprint density at radius 2 is 1.81 bits per heavy atom. The predicted molar refractivity (Wildman–Crippen MR) is 137 cm³/mol. The van der Waals surface area contributed by atoms with E-state index in [1.165, 1.54) is 11.1 Å². The number of carbonyl (C=O) groups is 2. The SMILES string of the molecule is COc1ccccc1C1C(=C(O)c2cnn(-c3ccccc3)c2C)C(=O)C(=O)N1CC[NH+]1CCOCC1. The summed E-state index contributed by atoms with van der Waals surface area (Å²) in [6, 6.07) is 16.0. The van der Waals surface area contributed by atoms with Crippen LogP contribution in [0.25, 0.3) is 11.4 Å². The number of ether oxygens (including phenoxy) is 2. The van der Waals surface area contributed by atoms with Crippen LogP contribution in [0.2, 0.25) is 0 Å². The van der Waals surface area contributed by atoms with E-state index in [0.29, 0.717) is 48.9 Å². The smallest absolute Gasteiger partial charge is 0.295 e. The molecule has 37 heavy (non-hydrogen) atoms. The predicted octanol–water partition coefficient (Wildman–Crippen LogP) is 1.53. The number of methoxy groups -OCH3 is 1. The molecule has 2 N–H and O–H groups in total. The second-order valence-electron chi connectivity index (χ2n) is 9.24. The van der Waals surface area contributed by atoms with Crippen LogP contribution in [0.3, 0.4) is 0 Å². The monoisotopic (exact) mass is 503 g/mol. The minimum atomic E-state index is -0.781. The Labute approximate surface area is 215 Å². The first-order valence-corrected chi connectivity index (χ1v) is 12.4. The second-order valence-corrected chi connectivity index (χ2v) is 9.24. The molecule has 2 saturated heterocycles. The molecule has 1 atom stereocenters. The highest BCUT2D eigenvalue weighted by atomic mass is 16.5. The van der Waals surface area contributed by atoms with E-state index >= 15 is 0 Å². The molecule has 2 aromatic carbocycles. The number of likely N-dealkylation sites (tertiary alicyclic amines) is 1. The van der Waals surface area contributed by atoms with Gasteiger partial charge in [0.05, 0.1) is 68.2 Å². The molecule has 192 valence electrons. The van der Waals surface area contributed by atoms with Gasteiger partial charge in [-0.25, -0.2) is 4.68 Å². The summed E-state index contributed by atoms with van der Waals surface area (Å²) >= 11 is 0. The van der Waals surface area contributed by atoms with Crippen molar-refractivity contribution in [2.45, 2.75) is 13.0 Å². The maximum Gasteiger partial charge on any atom is 0.295 e. The van der Waals surface area contributed by atoms with E-state index in [1.54, 1.807) is 22.8 Å². The van der Waals surface area contributed by atoms with Crippen molar-refractivity contribution in [1.82, 2.24) is 14.7 Å². The lowest BCUT2D eigenvalue weighted by atomic mass is 9.94. The molecule has 9 heteroatoms. The summed E-state index contributed by atoms with van der Waals surface area (Å²) < 4.78 is 12.8. The van der Waals surface area contributed by atoms with Crippen LogP contribution in [0.5, 0.6) is 5.75 Å². The Balaban J connectivity index is 1.58. The molecule has 2 aliphatic rings. The van der Waals surface area contributed by atoms with Crippen molar-refractivity contribution in [2.24, 2.45) is 0 Å². The fourth-order valence-corrected chi connectivity index (χ4v) is 5.13. The standard InChI is InChI=1S/C28H30N4O5/c1-19-22(18-29-32(19)20-8-4-3-5-9-20)26(33)24-25(21-10-6-7-11-23(21)36-2)31(28(35)27(24)34)13-12-30-14-16-37-17-15-30/h3-11,18,25,33H,12-17H2,1-2H3/p+1. The Hall–Kier alpha value is -3.95. The molecule has 1 amide bonds. The maximum atomic E-state index is 13.4. The molecule has 0 saturated carbocycles. The maximum absolute atomic E-state index is 13.4. The number of hydrogen-bond donors (Lipinski definition) is 2. The van der Waals surface area contributed by atoms with Gasteiger partial charge in [-0.05, 0) is 25.1 Å². The number of aromatic nitrogens is 2. The van der Waals surface area contributed by atoms with Crippen LogP contribution in [-0.4, -0.2) is 78.0 Å². The minimum absolute atomic E-state index is 0.0437. The fraction of sp³-hybridized carbons (Fsp3) is 0.321. The molecule has 0 radical (unpaired) electrons. The number of amides is 1. The third-order valence-electron chi connectivity index (χ3n) is 7.15. The first-order chi connectivity index (χ1) is 18.0. The number of nitrogens with one attached hydrogen (secondary N) is 1. The van der Waals surface area contributed by atoms with Crippen molar-refractivity contribution in [2.75, 3.05) is 46.5 Å². The number of nitrogens with zero attached hydrogens (tertiary/aromatic N) is 3. The van der Waals surface area contributed by atoms with Crippen LogP contribution < -0.4 is 9.64 Å². The summed E-state index contributed by atoms with van der Waals surface area (Å²) in [6.45, 7) is 5.91. The zero-order valence-corrected chi connectivity index (χ0v) is 21.0. The van der Waals surface area contributed by atoms with Gasteiger partial charge in [-0.2, -0.15) is 5.10 Å². The number of carbonyl (C=O) groups excluding carboxylic acids is 2. The van der Waals surface area contributed by atoms with Crippen LogP contribution in [0.1, 0.15) is 22.9 Å². The van der Waals surface area contributed by atoms with Crippen LogP contribution >= 0.6 is 0 Å². The summed E-state index contributed by atoms with van der Waals surface area (Å²) in [4.78, 5) is 29.7. The van der Waals surface area contributed by atoms with Gasteiger partial charge >= 0.3 is 0 Å². The van der Waals surface area contributed by atoms with E-state index in [0.717, 1.165) is 18.8 Å². The molecule has 3 aromatic rings. The largest absolute Gasteiger partial charge is 0.507 e. The molecule has 3 heterocycles. The Kier molecular flexibility index (Phi) is 7.07. The highest BCUT2D eigenvalue weighted by molar-refractivity contribution is 6.46. The molecule has 0 bridgehead atoms. The summed E-state index contributed by atoms with van der Waals surface area (Å²) in [7, 11) is 1.55. The molecule has 0 spiro atoms. The lowest BCUT2D eigenvalue weighted by Crippen LogP contribution is -3.14. The van der Waals surface area contributed by atoms with E-state index in [2.05, 4.69) is 5.10 Å². The van der Waals surface area contributed by atoms with Crippen molar-refractivity contribution in [3.63, 3.8) is 0 Å². The van der Waals surface area contributed by atoms with Gasteiger partial charge in [0.1, 0.15) is 24.6 Å². The molecule has 9 nitrogen and oxygen atoms in total. The number of Topliss-reactive ketones (excluding diaryl/α,β-unsaturated/α-hetero) is 1. The van der Waals surface area contributed by atoms with Gasteiger partial charge in [-0.3, -0.25) is 9.59 Å². The van der Waals surface area contributed by atoms with Crippen LogP contribution in [0.4, 0.5) is 0 Å². The van der Waals surface area contributed by atoms with Gasteiger partial charge in [-0.1, -0.05) is 36.4 Å². The lowest BCUT2D eigenvalue weighted by molar-refractivity contribution is -0.907. The van der Waals surface area contributed by atoms with E-state index in [1.807, 2.05) is 55.5 Å². The Bertz CT molecular complexity index is 1330. The molecular formula is C28H31N4O5+. The van der Waals surface area contributed by atoms with Crippen LogP contribution in [0, 0.1) is 6.92 Å². The number of para-hydroxylation sites is 2. The van der Waals surface area contributed by atoms with Crippen molar-refractivity contribution >= 4 is 17.4 Å². The Morgan fingerprint density at radius 3 is 2.54 bits per heavy atom. The van der Waals surface area contributed by atoms with E-state index in [9.17, 15) is 14.7 Å². The number of hydrogen-bond acceptors (Lipinski definition) is 6. The highest BCUT2D eigenvalue weighted by Crippen LogP contribution is 2.42. The quantitative estimate of drug-likeness (QED) is 0.288. The molecule has 0 aliphatic carbocycles. The minimum Gasteiger partial charge on any atom is -0.507 e. The number of morpholine rings is 1. The third kappa shape index (κ3) is 4.63. The number of aliphatic hydroxyl groups excluding tert-OH is 1. The highest BCUT2D eigenvalue weighted by Gasteiger charge is 2.47. The van der Waals surface area contributed by atoms with E-state index < -0.39 is 17.7 Å². The topological polar surface area (TPSA) is 98.3 Å². The van der Waals surface area contributed by atoms with Crippen LogP contribution in [0.15, 0.2) is 66.4 Å². The number of quaternary nitrogens is 1. The zero-order chi connectivity index (χ0) is 25.9. The Morgan fingerprint density at radius 1 is 1.11 bits per heavy atom. The molecule has 1 aromatic heterocycles. The van der Waals surface area contributed by atoms with Gasteiger partial charge in [0.25, 0.3) is 11.7 Å². The van der Waals surface area contributed by atoms with Gasteiger partial charge in [0, 0.05) is 5.56 Å². The first kappa shape index (κ1) is 24.7. The third-order valence-corrected chi connectivity index (χ3v) is 7.15. The number of aliphatic hydroxyl groups is 1. The second kappa shape index (κ2) is 10.6.